The molecule has 0 aliphatic heterocycles. The number of methoxy groups -OCH3 is 1. The second-order valence-electron chi connectivity index (χ2n) is 8.82. The lowest BCUT2D eigenvalue weighted by atomic mass is 10.1. The summed E-state index contributed by atoms with van der Waals surface area (Å²) in [6.45, 7) is 1.95. The van der Waals surface area contributed by atoms with Gasteiger partial charge in [0, 0.05) is 11.4 Å². The number of aromatic nitrogens is 3. The van der Waals surface area contributed by atoms with Crippen LogP contribution in [-0.4, -0.2) is 34.2 Å². The average Bonchev–Trinajstić information content (AvgIpc) is 2.99. The van der Waals surface area contributed by atoms with Gasteiger partial charge in [0.15, 0.2) is 11.5 Å². The highest BCUT2D eigenvalue weighted by Gasteiger charge is 2.13. The number of anilines is 5. The number of carbonyl (C=O) groups is 1. The molecule has 5 rings (SSSR count). The molecule has 1 heterocycles. The SMILES string of the molecule is COc1cc(/C=N\Nc2nc(Nc3ccccc3)nc(Nc3ccccc3)n2)ccc1OC(=O)c1ccc(C)cc1. The van der Waals surface area contributed by atoms with Crippen molar-refractivity contribution in [2.75, 3.05) is 23.2 Å². The van der Waals surface area contributed by atoms with E-state index in [-0.39, 0.29) is 5.95 Å². The third-order valence-electron chi connectivity index (χ3n) is 5.75. The maximum absolute atomic E-state index is 12.5. The van der Waals surface area contributed by atoms with E-state index in [1.54, 1.807) is 36.5 Å². The fraction of sp³-hybridized carbons (Fsp3) is 0.0645. The summed E-state index contributed by atoms with van der Waals surface area (Å²) in [4.78, 5) is 25.9. The standard InChI is InChI=1S/C31H27N7O3/c1-21-13-16-23(17-14-21)28(39)41-26-18-15-22(19-27(26)40-2)20-32-38-31-36-29(33-24-9-5-3-6-10-24)35-30(37-31)34-25-11-7-4-8-12-25/h3-20H,1-2H3,(H3,33,34,35,36,37,38)/b32-20-. The van der Waals surface area contributed by atoms with E-state index in [2.05, 4.69) is 36.1 Å². The first-order valence-corrected chi connectivity index (χ1v) is 12.7. The van der Waals surface area contributed by atoms with Crippen molar-refractivity contribution in [1.29, 1.82) is 0 Å². The molecule has 0 spiro atoms. The molecule has 0 bridgehead atoms. The second-order valence-corrected chi connectivity index (χ2v) is 8.82. The first-order chi connectivity index (χ1) is 20.1. The molecular weight excluding hydrogens is 518 g/mol. The molecule has 0 aliphatic rings. The van der Waals surface area contributed by atoms with Crippen LogP contribution < -0.4 is 25.5 Å². The molecule has 0 radical (unpaired) electrons. The quantitative estimate of drug-likeness (QED) is 0.0798. The summed E-state index contributed by atoms with van der Waals surface area (Å²) in [6, 6.07) is 31.4. The average molecular weight is 546 g/mol. The van der Waals surface area contributed by atoms with E-state index in [9.17, 15) is 4.79 Å². The predicted molar refractivity (Wildman–Crippen MR) is 160 cm³/mol. The number of para-hydroxylation sites is 2. The maximum atomic E-state index is 12.5. The first kappa shape index (κ1) is 26.8. The summed E-state index contributed by atoms with van der Waals surface area (Å²) in [6.07, 6.45) is 1.58. The summed E-state index contributed by atoms with van der Waals surface area (Å²) in [7, 11) is 1.51. The van der Waals surface area contributed by atoms with Gasteiger partial charge in [-0.1, -0.05) is 54.1 Å². The van der Waals surface area contributed by atoms with Gasteiger partial charge in [-0.25, -0.2) is 10.2 Å². The highest BCUT2D eigenvalue weighted by atomic mass is 16.6. The zero-order valence-corrected chi connectivity index (χ0v) is 22.4. The van der Waals surface area contributed by atoms with E-state index in [0.717, 1.165) is 16.9 Å². The summed E-state index contributed by atoms with van der Waals surface area (Å²) < 4.78 is 11.0. The Bertz CT molecular complexity index is 1580. The molecule has 0 amide bonds. The predicted octanol–water partition coefficient (Wildman–Crippen LogP) is 6.34. The normalized spacial score (nSPS) is 10.7. The molecule has 4 aromatic carbocycles. The Labute approximate surface area is 237 Å². The number of hydrogen-bond donors (Lipinski definition) is 3. The van der Waals surface area contributed by atoms with Crippen LogP contribution in [0.4, 0.5) is 29.2 Å². The maximum Gasteiger partial charge on any atom is 0.343 e. The summed E-state index contributed by atoms with van der Waals surface area (Å²) in [5, 5.41) is 10.6. The van der Waals surface area contributed by atoms with Crippen LogP contribution in [0.3, 0.4) is 0 Å². The van der Waals surface area contributed by atoms with E-state index in [1.165, 1.54) is 7.11 Å². The Hall–Kier alpha value is -5.77. The molecule has 1 aromatic heterocycles. The van der Waals surface area contributed by atoms with Crippen LogP contribution in [0.5, 0.6) is 11.5 Å². The van der Waals surface area contributed by atoms with Gasteiger partial charge in [0.05, 0.1) is 18.9 Å². The zero-order valence-electron chi connectivity index (χ0n) is 22.4. The van der Waals surface area contributed by atoms with E-state index in [0.29, 0.717) is 34.5 Å². The Morgan fingerprint density at radius 1 is 0.732 bits per heavy atom. The lowest BCUT2D eigenvalue weighted by molar-refractivity contribution is 0.0729. The van der Waals surface area contributed by atoms with Gasteiger partial charge in [0.25, 0.3) is 0 Å². The largest absolute Gasteiger partial charge is 0.493 e. The van der Waals surface area contributed by atoms with Gasteiger partial charge in [-0.2, -0.15) is 20.1 Å². The summed E-state index contributed by atoms with van der Waals surface area (Å²) >= 11 is 0. The van der Waals surface area contributed by atoms with Crippen LogP contribution in [0.25, 0.3) is 0 Å². The van der Waals surface area contributed by atoms with Gasteiger partial charge >= 0.3 is 5.97 Å². The van der Waals surface area contributed by atoms with Crippen LogP contribution in [0.15, 0.2) is 108 Å². The molecule has 0 unspecified atom stereocenters. The molecule has 0 atom stereocenters. The van der Waals surface area contributed by atoms with Crippen molar-refractivity contribution in [2.45, 2.75) is 6.92 Å². The number of ether oxygens (including phenoxy) is 2. The van der Waals surface area contributed by atoms with Crippen molar-refractivity contribution in [3.05, 3.63) is 120 Å². The van der Waals surface area contributed by atoms with Crippen molar-refractivity contribution < 1.29 is 14.3 Å². The Balaban J connectivity index is 1.31. The van der Waals surface area contributed by atoms with E-state index in [4.69, 9.17) is 9.47 Å². The molecule has 204 valence electrons. The van der Waals surface area contributed by atoms with Crippen LogP contribution in [0, 0.1) is 6.92 Å². The third kappa shape index (κ3) is 7.42. The number of benzene rings is 4. The molecular formula is C31H27N7O3. The van der Waals surface area contributed by atoms with Crippen molar-refractivity contribution >= 4 is 41.4 Å². The molecule has 5 aromatic rings. The number of hydrazone groups is 1. The van der Waals surface area contributed by atoms with E-state index < -0.39 is 5.97 Å². The molecule has 10 nitrogen and oxygen atoms in total. The molecule has 41 heavy (non-hydrogen) atoms. The Morgan fingerprint density at radius 2 is 1.32 bits per heavy atom. The smallest absolute Gasteiger partial charge is 0.343 e. The number of nitrogens with zero attached hydrogens (tertiary/aromatic N) is 4. The lowest BCUT2D eigenvalue weighted by Gasteiger charge is -2.10. The topological polar surface area (TPSA) is 123 Å². The van der Waals surface area contributed by atoms with Crippen LogP contribution in [0.1, 0.15) is 21.5 Å². The number of aryl methyl sites for hydroxylation is 1. The molecule has 0 fully saturated rings. The number of hydrogen-bond acceptors (Lipinski definition) is 10. The molecule has 0 saturated carbocycles. The van der Waals surface area contributed by atoms with Gasteiger partial charge in [-0.3, -0.25) is 0 Å². The van der Waals surface area contributed by atoms with Crippen molar-refractivity contribution in [1.82, 2.24) is 15.0 Å². The highest BCUT2D eigenvalue weighted by Crippen LogP contribution is 2.28. The third-order valence-corrected chi connectivity index (χ3v) is 5.75. The van der Waals surface area contributed by atoms with Gasteiger partial charge in [0.2, 0.25) is 17.8 Å². The minimum atomic E-state index is -0.471. The van der Waals surface area contributed by atoms with Crippen molar-refractivity contribution in [3.63, 3.8) is 0 Å². The molecule has 10 heteroatoms. The lowest BCUT2D eigenvalue weighted by Crippen LogP contribution is -2.09. The fourth-order valence-electron chi connectivity index (χ4n) is 3.70. The molecule has 0 aliphatic carbocycles. The number of esters is 1. The van der Waals surface area contributed by atoms with Crippen LogP contribution >= 0.6 is 0 Å². The van der Waals surface area contributed by atoms with E-state index >= 15 is 0 Å². The molecule has 0 saturated heterocycles. The fourth-order valence-corrected chi connectivity index (χ4v) is 3.70. The first-order valence-electron chi connectivity index (χ1n) is 12.7. The van der Waals surface area contributed by atoms with Crippen LogP contribution in [-0.2, 0) is 0 Å². The number of rotatable bonds is 10. The zero-order chi connectivity index (χ0) is 28.4. The highest BCUT2D eigenvalue weighted by molar-refractivity contribution is 5.91. The summed E-state index contributed by atoms with van der Waals surface area (Å²) in [5.74, 6) is 1.12. The molecule has 3 N–H and O–H groups in total. The van der Waals surface area contributed by atoms with Crippen LogP contribution in [0.2, 0.25) is 0 Å². The van der Waals surface area contributed by atoms with E-state index in [1.807, 2.05) is 79.7 Å². The minimum absolute atomic E-state index is 0.226. The second kappa shape index (κ2) is 12.9. The summed E-state index contributed by atoms with van der Waals surface area (Å²) in [5.41, 5.74) is 6.72. The van der Waals surface area contributed by atoms with Gasteiger partial charge in [0.1, 0.15) is 0 Å². The van der Waals surface area contributed by atoms with Gasteiger partial charge in [-0.05, 0) is 67.1 Å². The minimum Gasteiger partial charge on any atom is -0.493 e. The van der Waals surface area contributed by atoms with Crippen molar-refractivity contribution in [3.8, 4) is 11.5 Å². The number of nitrogens with one attached hydrogen (secondary N) is 3. The van der Waals surface area contributed by atoms with Crippen molar-refractivity contribution in [2.24, 2.45) is 5.10 Å². The Morgan fingerprint density at radius 3 is 1.90 bits per heavy atom. The monoisotopic (exact) mass is 545 g/mol. The van der Waals surface area contributed by atoms with Gasteiger partial charge in [-0.15, -0.1) is 0 Å². The number of carbonyl (C=O) groups excluding carboxylic acids is 1. The Kier molecular flexibility index (Phi) is 8.41. The van der Waals surface area contributed by atoms with Gasteiger partial charge < -0.3 is 20.1 Å².